The maximum atomic E-state index is 3.33. The summed E-state index contributed by atoms with van der Waals surface area (Å²) in [5, 5.41) is 3.33. The van der Waals surface area contributed by atoms with E-state index in [1.54, 1.807) is 0 Å². The topological polar surface area (TPSA) is 15.3 Å². The molecule has 1 heterocycles. The van der Waals surface area contributed by atoms with E-state index in [2.05, 4.69) is 31.2 Å². The molecule has 1 aliphatic rings. The first-order chi connectivity index (χ1) is 6.77. The van der Waals surface area contributed by atoms with Crippen molar-refractivity contribution in [2.45, 2.75) is 32.6 Å². The minimum Gasteiger partial charge on any atom is -0.319 e. The van der Waals surface area contributed by atoms with Gasteiger partial charge in [-0.1, -0.05) is 19.8 Å². The predicted octanol–water partition coefficient (Wildman–Crippen LogP) is 1.96. The van der Waals surface area contributed by atoms with E-state index in [0.29, 0.717) is 0 Å². The second-order valence-electron chi connectivity index (χ2n) is 4.74. The Bertz CT molecular complexity index is 147. The molecule has 0 aromatic carbocycles. The molecule has 0 saturated carbocycles. The Kier molecular flexibility index (Phi) is 5.49. The van der Waals surface area contributed by atoms with Crippen molar-refractivity contribution in [2.75, 3.05) is 33.7 Å². The minimum atomic E-state index is 0.876. The Morgan fingerprint density at radius 1 is 1.43 bits per heavy atom. The van der Waals surface area contributed by atoms with E-state index in [1.807, 2.05) is 0 Å². The molecule has 14 heavy (non-hydrogen) atoms. The fourth-order valence-electron chi connectivity index (χ4n) is 2.66. The lowest BCUT2D eigenvalue weighted by Gasteiger charge is -2.27. The van der Waals surface area contributed by atoms with E-state index in [4.69, 9.17) is 0 Å². The first kappa shape index (κ1) is 12.0. The highest BCUT2D eigenvalue weighted by atomic mass is 15.1. The zero-order valence-corrected chi connectivity index (χ0v) is 10.1. The first-order valence-corrected chi connectivity index (χ1v) is 6.11. The molecule has 2 atom stereocenters. The molecular weight excluding hydrogens is 172 g/mol. The Labute approximate surface area is 89.1 Å². The summed E-state index contributed by atoms with van der Waals surface area (Å²) in [5.74, 6) is 1.79. The maximum Gasteiger partial charge on any atom is 0.000973 e. The highest BCUT2D eigenvalue weighted by Gasteiger charge is 2.22. The van der Waals surface area contributed by atoms with Crippen molar-refractivity contribution in [3.8, 4) is 0 Å². The lowest BCUT2D eigenvalue weighted by atomic mass is 9.86. The summed E-state index contributed by atoms with van der Waals surface area (Å²) in [7, 11) is 4.34. The summed E-state index contributed by atoms with van der Waals surface area (Å²) in [5.41, 5.74) is 0. The Hall–Kier alpha value is -0.0800. The van der Waals surface area contributed by atoms with Crippen LogP contribution in [0.5, 0.6) is 0 Å². The third-order valence-corrected chi connectivity index (χ3v) is 3.57. The molecule has 0 amide bonds. The zero-order chi connectivity index (χ0) is 10.4. The van der Waals surface area contributed by atoms with E-state index < -0.39 is 0 Å². The first-order valence-electron chi connectivity index (χ1n) is 6.11. The average Bonchev–Trinajstić information content (AvgIpc) is 2.39. The quantitative estimate of drug-likeness (QED) is 0.743. The van der Waals surface area contributed by atoms with Gasteiger partial charge < -0.3 is 10.2 Å². The molecule has 1 N–H and O–H groups in total. The Morgan fingerprint density at radius 2 is 2.21 bits per heavy atom. The molecule has 84 valence electrons. The normalized spacial score (nSPS) is 27.2. The molecule has 2 unspecified atom stereocenters. The third kappa shape index (κ3) is 3.58. The molecule has 2 heteroatoms. The molecule has 0 bridgehead atoms. The van der Waals surface area contributed by atoms with Gasteiger partial charge in [0.2, 0.25) is 0 Å². The summed E-state index contributed by atoms with van der Waals surface area (Å²) >= 11 is 0. The average molecular weight is 198 g/mol. The van der Waals surface area contributed by atoms with Crippen LogP contribution in [0.1, 0.15) is 32.6 Å². The molecule has 1 fully saturated rings. The number of likely N-dealkylation sites (tertiary alicyclic amines) is 1. The fraction of sp³-hybridized carbons (Fsp3) is 1.00. The van der Waals surface area contributed by atoms with Crippen LogP contribution >= 0.6 is 0 Å². The Balaban J connectivity index is 2.45. The van der Waals surface area contributed by atoms with Crippen LogP contribution in [0.4, 0.5) is 0 Å². The van der Waals surface area contributed by atoms with Crippen LogP contribution in [-0.4, -0.2) is 38.6 Å². The monoisotopic (exact) mass is 198 g/mol. The lowest BCUT2D eigenvalue weighted by Crippen LogP contribution is -2.32. The summed E-state index contributed by atoms with van der Waals surface area (Å²) in [6.07, 6.45) is 5.57. The molecule has 1 aliphatic heterocycles. The van der Waals surface area contributed by atoms with Crippen molar-refractivity contribution in [3.05, 3.63) is 0 Å². The van der Waals surface area contributed by atoms with Gasteiger partial charge in [0.15, 0.2) is 0 Å². The summed E-state index contributed by atoms with van der Waals surface area (Å²) in [6.45, 7) is 6.12. The number of rotatable bonds is 4. The van der Waals surface area contributed by atoms with Gasteiger partial charge in [0.1, 0.15) is 0 Å². The lowest BCUT2D eigenvalue weighted by molar-refractivity contribution is 0.227. The van der Waals surface area contributed by atoms with Crippen LogP contribution in [0.15, 0.2) is 0 Å². The van der Waals surface area contributed by atoms with Crippen molar-refractivity contribution in [1.29, 1.82) is 0 Å². The molecule has 0 radical (unpaired) electrons. The van der Waals surface area contributed by atoms with Gasteiger partial charge in [-0.15, -0.1) is 0 Å². The highest BCUT2D eigenvalue weighted by molar-refractivity contribution is 4.76. The number of nitrogens with one attached hydrogen (secondary N) is 1. The Morgan fingerprint density at radius 3 is 2.86 bits per heavy atom. The van der Waals surface area contributed by atoms with Gasteiger partial charge >= 0.3 is 0 Å². The largest absolute Gasteiger partial charge is 0.319 e. The van der Waals surface area contributed by atoms with E-state index >= 15 is 0 Å². The molecule has 0 aromatic heterocycles. The van der Waals surface area contributed by atoms with Crippen molar-refractivity contribution in [2.24, 2.45) is 11.8 Å². The van der Waals surface area contributed by atoms with Crippen LogP contribution in [0.25, 0.3) is 0 Å². The van der Waals surface area contributed by atoms with Crippen molar-refractivity contribution < 1.29 is 0 Å². The maximum absolute atomic E-state index is 3.33. The smallest absolute Gasteiger partial charge is 0.000973 e. The van der Waals surface area contributed by atoms with Crippen molar-refractivity contribution in [3.63, 3.8) is 0 Å². The van der Waals surface area contributed by atoms with Crippen molar-refractivity contribution in [1.82, 2.24) is 10.2 Å². The molecule has 0 aliphatic carbocycles. The van der Waals surface area contributed by atoms with Crippen LogP contribution in [0.3, 0.4) is 0 Å². The van der Waals surface area contributed by atoms with Gasteiger partial charge in [-0.3, -0.25) is 0 Å². The summed E-state index contributed by atoms with van der Waals surface area (Å²) < 4.78 is 0. The van der Waals surface area contributed by atoms with Crippen LogP contribution < -0.4 is 5.32 Å². The highest BCUT2D eigenvalue weighted by Crippen LogP contribution is 2.24. The van der Waals surface area contributed by atoms with Crippen LogP contribution in [0, 0.1) is 11.8 Å². The van der Waals surface area contributed by atoms with E-state index in [9.17, 15) is 0 Å². The van der Waals surface area contributed by atoms with Crippen LogP contribution in [0.2, 0.25) is 0 Å². The molecule has 1 rings (SSSR count). The number of hydrogen-bond donors (Lipinski definition) is 1. The SMILES string of the molecule is CCC(CNC)C1CCCCN(C)C1. The van der Waals surface area contributed by atoms with E-state index in [-0.39, 0.29) is 0 Å². The van der Waals surface area contributed by atoms with Crippen LogP contribution in [-0.2, 0) is 0 Å². The molecule has 1 saturated heterocycles. The second kappa shape index (κ2) is 6.41. The van der Waals surface area contributed by atoms with E-state index in [1.165, 1.54) is 45.3 Å². The fourth-order valence-corrected chi connectivity index (χ4v) is 2.66. The standard InChI is InChI=1S/C12H26N2/c1-4-11(9-13-2)12-7-5-6-8-14(3)10-12/h11-13H,4-10H2,1-3H3. The number of hydrogen-bond acceptors (Lipinski definition) is 2. The summed E-state index contributed by atoms with van der Waals surface area (Å²) in [4.78, 5) is 2.51. The molecular formula is C12H26N2. The summed E-state index contributed by atoms with van der Waals surface area (Å²) in [6, 6.07) is 0. The second-order valence-corrected chi connectivity index (χ2v) is 4.74. The van der Waals surface area contributed by atoms with E-state index in [0.717, 1.165) is 11.8 Å². The van der Waals surface area contributed by atoms with Gasteiger partial charge in [-0.25, -0.2) is 0 Å². The van der Waals surface area contributed by atoms with Gasteiger partial charge in [-0.05, 0) is 51.9 Å². The van der Waals surface area contributed by atoms with Gasteiger partial charge in [-0.2, -0.15) is 0 Å². The predicted molar refractivity (Wildman–Crippen MR) is 62.5 cm³/mol. The molecule has 0 spiro atoms. The van der Waals surface area contributed by atoms with Crippen molar-refractivity contribution >= 4 is 0 Å². The molecule has 2 nitrogen and oxygen atoms in total. The number of nitrogens with zero attached hydrogens (tertiary/aromatic N) is 1. The third-order valence-electron chi connectivity index (χ3n) is 3.57. The minimum absolute atomic E-state index is 0.876. The van der Waals surface area contributed by atoms with Gasteiger partial charge in [0.05, 0.1) is 0 Å². The zero-order valence-electron chi connectivity index (χ0n) is 10.1. The van der Waals surface area contributed by atoms with Gasteiger partial charge in [0.25, 0.3) is 0 Å². The van der Waals surface area contributed by atoms with Gasteiger partial charge in [0, 0.05) is 6.54 Å². The molecule has 0 aromatic rings.